The zero-order chi connectivity index (χ0) is 15.9. The average molecular weight is 301 g/mol. The molecule has 0 radical (unpaired) electrons. The fraction of sp³-hybridized carbons (Fsp3) is 0.312. The topological polar surface area (TPSA) is 73.2 Å². The third kappa shape index (κ3) is 4.44. The van der Waals surface area contributed by atoms with Gasteiger partial charge >= 0.3 is 0 Å². The van der Waals surface area contributed by atoms with Gasteiger partial charge in [-0.15, -0.1) is 0 Å². The standard InChI is InChI=1S/C16H19N3O3/c1-12-5-3-6-14(11-12)22-13(2)16(21)17-9-10-19-15(20)7-4-8-18-19/h3-8,11,13H,9-10H2,1-2H3,(H,17,21)/t13-/m0/s1. The van der Waals surface area contributed by atoms with E-state index in [2.05, 4.69) is 10.4 Å². The van der Waals surface area contributed by atoms with Gasteiger partial charge in [0.2, 0.25) is 0 Å². The first-order valence-electron chi connectivity index (χ1n) is 7.09. The highest BCUT2D eigenvalue weighted by Gasteiger charge is 2.14. The fourth-order valence-electron chi connectivity index (χ4n) is 1.93. The molecule has 1 aromatic carbocycles. The summed E-state index contributed by atoms with van der Waals surface area (Å²) in [6, 6.07) is 10.5. The summed E-state index contributed by atoms with van der Waals surface area (Å²) in [6.45, 7) is 4.28. The van der Waals surface area contributed by atoms with Crippen molar-refractivity contribution in [1.82, 2.24) is 15.1 Å². The van der Waals surface area contributed by atoms with Crippen LogP contribution in [0.4, 0.5) is 0 Å². The molecule has 116 valence electrons. The third-order valence-electron chi connectivity index (χ3n) is 3.08. The van der Waals surface area contributed by atoms with Gasteiger partial charge < -0.3 is 10.1 Å². The molecule has 6 nitrogen and oxygen atoms in total. The largest absolute Gasteiger partial charge is 0.481 e. The summed E-state index contributed by atoms with van der Waals surface area (Å²) >= 11 is 0. The predicted molar refractivity (Wildman–Crippen MR) is 82.8 cm³/mol. The lowest BCUT2D eigenvalue weighted by Crippen LogP contribution is -2.39. The second kappa shape index (κ2) is 7.40. The highest BCUT2D eigenvalue weighted by Crippen LogP contribution is 2.14. The van der Waals surface area contributed by atoms with Crippen molar-refractivity contribution in [2.45, 2.75) is 26.5 Å². The molecule has 0 unspecified atom stereocenters. The van der Waals surface area contributed by atoms with Gasteiger partial charge in [0.25, 0.3) is 11.5 Å². The molecule has 1 aromatic heterocycles. The van der Waals surface area contributed by atoms with Crippen LogP contribution in [0.1, 0.15) is 12.5 Å². The number of hydrogen-bond acceptors (Lipinski definition) is 4. The molecule has 0 saturated heterocycles. The van der Waals surface area contributed by atoms with Crippen LogP contribution in [0, 0.1) is 6.92 Å². The normalized spacial score (nSPS) is 11.7. The van der Waals surface area contributed by atoms with Gasteiger partial charge in [-0.1, -0.05) is 12.1 Å². The van der Waals surface area contributed by atoms with E-state index in [0.717, 1.165) is 5.56 Å². The molecule has 0 aliphatic carbocycles. The second-order valence-corrected chi connectivity index (χ2v) is 4.95. The Bertz CT molecular complexity index is 697. The number of carbonyl (C=O) groups excluding carboxylic acids is 1. The first-order chi connectivity index (χ1) is 10.6. The molecule has 0 aliphatic rings. The van der Waals surface area contributed by atoms with Crippen LogP contribution in [0.5, 0.6) is 5.75 Å². The second-order valence-electron chi connectivity index (χ2n) is 4.95. The highest BCUT2D eigenvalue weighted by atomic mass is 16.5. The van der Waals surface area contributed by atoms with E-state index >= 15 is 0 Å². The summed E-state index contributed by atoms with van der Waals surface area (Å²) in [5.41, 5.74) is 0.875. The summed E-state index contributed by atoms with van der Waals surface area (Å²) in [4.78, 5) is 23.4. The van der Waals surface area contributed by atoms with Crippen molar-refractivity contribution >= 4 is 5.91 Å². The Kier molecular flexibility index (Phi) is 5.30. The molecule has 0 spiro atoms. The van der Waals surface area contributed by atoms with Gasteiger partial charge in [-0.05, 0) is 37.6 Å². The number of hydrogen-bond donors (Lipinski definition) is 1. The molecule has 0 bridgehead atoms. The average Bonchev–Trinajstić information content (AvgIpc) is 2.49. The van der Waals surface area contributed by atoms with E-state index in [1.54, 1.807) is 13.0 Å². The van der Waals surface area contributed by atoms with E-state index < -0.39 is 6.10 Å². The van der Waals surface area contributed by atoms with Crippen molar-refractivity contribution in [3.05, 3.63) is 58.5 Å². The summed E-state index contributed by atoms with van der Waals surface area (Å²) in [6.07, 6.45) is 0.925. The Hall–Kier alpha value is -2.63. The van der Waals surface area contributed by atoms with Gasteiger partial charge in [-0.25, -0.2) is 4.68 Å². The van der Waals surface area contributed by atoms with E-state index in [0.29, 0.717) is 18.8 Å². The lowest BCUT2D eigenvalue weighted by molar-refractivity contribution is -0.127. The fourth-order valence-corrected chi connectivity index (χ4v) is 1.93. The lowest BCUT2D eigenvalue weighted by atomic mass is 10.2. The summed E-state index contributed by atoms with van der Waals surface area (Å²) in [7, 11) is 0. The van der Waals surface area contributed by atoms with Crippen molar-refractivity contribution in [2.75, 3.05) is 6.54 Å². The minimum atomic E-state index is -0.609. The molecule has 1 N–H and O–H groups in total. The molecule has 2 aromatic rings. The molecule has 1 amide bonds. The molecule has 6 heteroatoms. The van der Waals surface area contributed by atoms with E-state index in [1.165, 1.54) is 16.9 Å². The van der Waals surface area contributed by atoms with Gasteiger partial charge in [-0.3, -0.25) is 9.59 Å². The molecule has 0 saturated carbocycles. The molecular formula is C16H19N3O3. The number of carbonyl (C=O) groups is 1. The first kappa shape index (κ1) is 15.8. The molecule has 2 rings (SSSR count). The molecule has 1 heterocycles. The Morgan fingerprint density at radius 3 is 2.91 bits per heavy atom. The number of nitrogens with zero attached hydrogens (tertiary/aromatic N) is 2. The number of aryl methyl sites for hydroxylation is 1. The van der Waals surface area contributed by atoms with Gasteiger partial charge in [-0.2, -0.15) is 5.10 Å². The maximum Gasteiger partial charge on any atom is 0.266 e. The van der Waals surface area contributed by atoms with Crippen LogP contribution < -0.4 is 15.6 Å². The number of aromatic nitrogens is 2. The van der Waals surface area contributed by atoms with Crippen LogP contribution in [-0.4, -0.2) is 28.3 Å². The summed E-state index contributed by atoms with van der Waals surface area (Å²) in [5, 5.41) is 6.65. The Balaban J connectivity index is 1.82. The SMILES string of the molecule is Cc1cccc(O[C@@H](C)C(=O)NCCn2ncccc2=O)c1. The van der Waals surface area contributed by atoms with E-state index in [1.807, 2.05) is 31.2 Å². The lowest BCUT2D eigenvalue weighted by Gasteiger charge is -2.15. The van der Waals surface area contributed by atoms with Crippen LogP contribution in [0.15, 0.2) is 47.4 Å². The van der Waals surface area contributed by atoms with Gasteiger partial charge in [0, 0.05) is 18.8 Å². The molecule has 0 fully saturated rings. The zero-order valence-corrected chi connectivity index (χ0v) is 12.7. The number of amides is 1. The zero-order valence-electron chi connectivity index (χ0n) is 12.7. The number of rotatable bonds is 6. The third-order valence-corrected chi connectivity index (χ3v) is 3.08. The predicted octanol–water partition coefficient (Wildman–Crippen LogP) is 1.14. The van der Waals surface area contributed by atoms with E-state index in [9.17, 15) is 9.59 Å². The van der Waals surface area contributed by atoms with Gasteiger partial charge in [0.15, 0.2) is 6.10 Å². The van der Waals surface area contributed by atoms with Crippen LogP contribution in [-0.2, 0) is 11.3 Å². The van der Waals surface area contributed by atoms with Crippen LogP contribution in [0.25, 0.3) is 0 Å². The number of benzene rings is 1. The minimum Gasteiger partial charge on any atom is -0.481 e. The minimum absolute atomic E-state index is 0.194. The Labute approximate surface area is 128 Å². The van der Waals surface area contributed by atoms with Crippen LogP contribution in [0.2, 0.25) is 0 Å². The number of ether oxygens (including phenoxy) is 1. The monoisotopic (exact) mass is 301 g/mol. The van der Waals surface area contributed by atoms with Crippen molar-refractivity contribution in [3.63, 3.8) is 0 Å². The quantitative estimate of drug-likeness (QED) is 0.868. The smallest absolute Gasteiger partial charge is 0.266 e. The molecule has 0 aliphatic heterocycles. The van der Waals surface area contributed by atoms with Crippen molar-refractivity contribution in [3.8, 4) is 5.75 Å². The maximum absolute atomic E-state index is 12.0. The number of nitrogens with one attached hydrogen (secondary N) is 1. The summed E-state index contributed by atoms with van der Waals surface area (Å²) < 4.78 is 6.89. The van der Waals surface area contributed by atoms with Gasteiger partial charge in [0.05, 0.1) is 6.54 Å². The van der Waals surface area contributed by atoms with E-state index in [-0.39, 0.29) is 11.5 Å². The first-order valence-corrected chi connectivity index (χ1v) is 7.09. The van der Waals surface area contributed by atoms with Crippen LogP contribution in [0.3, 0.4) is 0 Å². The highest BCUT2D eigenvalue weighted by molar-refractivity contribution is 5.80. The molecule has 22 heavy (non-hydrogen) atoms. The Morgan fingerprint density at radius 2 is 2.18 bits per heavy atom. The van der Waals surface area contributed by atoms with Crippen LogP contribution >= 0.6 is 0 Å². The van der Waals surface area contributed by atoms with Crippen molar-refractivity contribution in [1.29, 1.82) is 0 Å². The molecular weight excluding hydrogens is 282 g/mol. The van der Waals surface area contributed by atoms with Crippen molar-refractivity contribution < 1.29 is 9.53 Å². The van der Waals surface area contributed by atoms with Crippen molar-refractivity contribution in [2.24, 2.45) is 0 Å². The van der Waals surface area contributed by atoms with E-state index in [4.69, 9.17) is 4.74 Å². The molecule has 1 atom stereocenters. The maximum atomic E-state index is 12.0. The summed E-state index contributed by atoms with van der Waals surface area (Å²) in [5.74, 6) is 0.425. The van der Waals surface area contributed by atoms with Gasteiger partial charge in [0.1, 0.15) is 5.75 Å². The Morgan fingerprint density at radius 1 is 1.36 bits per heavy atom.